The van der Waals surface area contributed by atoms with Crippen molar-refractivity contribution in [2.75, 3.05) is 40.5 Å². The Morgan fingerprint density at radius 2 is 1.40 bits per heavy atom. The summed E-state index contributed by atoms with van der Waals surface area (Å²) in [5, 5.41) is 0. The van der Waals surface area contributed by atoms with Crippen LogP contribution in [0.25, 0.3) is 0 Å². The summed E-state index contributed by atoms with van der Waals surface area (Å²) in [7, 11) is 3.99. The van der Waals surface area contributed by atoms with Gasteiger partial charge in [-0.1, -0.05) is 72.5 Å². The first-order chi connectivity index (χ1) is 11.8. The number of benzene rings is 2. The van der Waals surface area contributed by atoms with Crippen molar-refractivity contribution in [3.05, 3.63) is 71.8 Å². The van der Waals surface area contributed by atoms with E-state index in [1.54, 1.807) is 0 Å². The van der Waals surface area contributed by atoms with E-state index in [-0.39, 0.29) is 18.5 Å². The predicted octanol–water partition coefficient (Wildman–Crippen LogP) is 3.80. The molecule has 0 aliphatic carbocycles. The molecular weight excluding hydrogens is 334 g/mol. The summed E-state index contributed by atoms with van der Waals surface area (Å²) in [4.78, 5) is 2.03. The van der Waals surface area contributed by atoms with Gasteiger partial charge in [-0.05, 0) is 25.2 Å². The molecule has 0 spiro atoms. The Kier molecular flexibility index (Phi) is 10.6. The van der Waals surface area contributed by atoms with Crippen LogP contribution in [0.15, 0.2) is 60.7 Å². The molecule has 0 bridgehead atoms. The minimum absolute atomic E-state index is 0. The second kappa shape index (κ2) is 12.5. The van der Waals surface area contributed by atoms with Crippen LogP contribution in [-0.4, -0.2) is 45.4 Å². The molecule has 0 N–H and O–H groups in total. The molecule has 0 unspecified atom stereocenters. The maximum Gasteiger partial charge on any atom is 0.108 e. The van der Waals surface area contributed by atoms with E-state index in [1.807, 2.05) is 55.4 Å². The van der Waals surface area contributed by atoms with E-state index in [0.29, 0.717) is 19.8 Å². The third-order valence-corrected chi connectivity index (χ3v) is 3.41. The van der Waals surface area contributed by atoms with Gasteiger partial charge in [-0.2, -0.15) is 0 Å². The van der Waals surface area contributed by atoms with Crippen molar-refractivity contribution in [1.82, 2.24) is 4.90 Å². The molecule has 134 valence electrons. The maximum absolute atomic E-state index is 6.08. The Labute approximate surface area is 157 Å². The van der Waals surface area contributed by atoms with Gasteiger partial charge in [0, 0.05) is 0 Å². The van der Waals surface area contributed by atoms with Crippen LogP contribution in [0.1, 0.15) is 17.2 Å². The minimum atomic E-state index is -0.0733. The van der Waals surface area contributed by atoms with Gasteiger partial charge in [0.05, 0.1) is 19.8 Å². The van der Waals surface area contributed by atoms with E-state index in [4.69, 9.17) is 9.47 Å². The monoisotopic (exact) mass is 359 g/mol. The minimum Gasteiger partial charge on any atom is -0.366 e. The highest BCUT2D eigenvalue weighted by atomic mass is 35.5. The molecule has 0 heterocycles. The molecule has 0 aromatic heterocycles. The molecule has 0 saturated carbocycles. The van der Waals surface area contributed by atoms with E-state index in [9.17, 15) is 0 Å². The van der Waals surface area contributed by atoms with Crippen molar-refractivity contribution in [2.24, 2.45) is 0 Å². The summed E-state index contributed by atoms with van der Waals surface area (Å²) >= 11 is 0. The molecule has 4 heteroatoms. The van der Waals surface area contributed by atoms with E-state index >= 15 is 0 Å². The molecule has 0 amide bonds. The van der Waals surface area contributed by atoms with Crippen LogP contribution in [0, 0.1) is 11.8 Å². The van der Waals surface area contributed by atoms with Crippen molar-refractivity contribution in [3.63, 3.8) is 0 Å². The highest BCUT2D eigenvalue weighted by molar-refractivity contribution is 5.85. The summed E-state index contributed by atoms with van der Waals surface area (Å²) in [6.07, 6.45) is -0.0733. The van der Waals surface area contributed by atoms with E-state index < -0.39 is 0 Å². The smallest absolute Gasteiger partial charge is 0.108 e. The zero-order valence-corrected chi connectivity index (χ0v) is 15.7. The van der Waals surface area contributed by atoms with Gasteiger partial charge in [-0.25, -0.2) is 0 Å². The van der Waals surface area contributed by atoms with E-state index in [1.165, 1.54) is 0 Å². The zero-order chi connectivity index (χ0) is 17.0. The first-order valence-electron chi connectivity index (χ1n) is 8.17. The average molecular weight is 360 g/mol. The molecule has 0 atom stereocenters. The van der Waals surface area contributed by atoms with Crippen molar-refractivity contribution < 1.29 is 9.47 Å². The Balaban J connectivity index is 0.00000312. The quantitative estimate of drug-likeness (QED) is 0.528. The number of hydrogen-bond acceptors (Lipinski definition) is 3. The Morgan fingerprint density at radius 3 is 1.92 bits per heavy atom. The van der Waals surface area contributed by atoms with Crippen molar-refractivity contribution in [2.45, 2.75) is 6.10 Å². The number of nitrogens with zero attached hydrogens (tertiary/aromatic N) is 1. The van der Waals surface area contributed by atoms with Crippen LogP contribution >= 0.6 is 12.4 Å². The Hall–Kier alpha value is -1.83. The van der Waals surface area contributed by atoms with Gasteiger partial charge in [0.15, 0.2) is 0 Å². The third kappa shape index (κ3) is 8.20. The van der Waals surface area contributed by atoms with Crippen LogP contribution in [0.5, 0.6) is 0 Å². The SMILES string of the molecule is CN(C)CC#CCOCCOC(c1ccccc1)c1ccccc1.Cl. The molecule has 2 aromatic rings. The van der Waals surface area contributed by atoms with Gasteiger partial charge in [-0.3, -0.25) is 4.90 Å². The fraction of sp³-hybridized carbons (Fsp3) is 0.333. The van der Waals surface area contributed by atoms with Crippen LogP contribution in [-0.2, 0) is 9.47 Å². The van der Waals surface area contributed by atoms with Crippen LogP contribution < -0.4 is 0 Å². The van der Waals surface area contributed by atoms with Gasteiger partial charge >= 0.3 is 0 Å². The highest BCUT2D eigenvalue weighted by Gasteiger charge is 2.13. The second-order valence-corrected chi connectivity index (χ2v) is 5.72. The van der Waals surface area contributed by atoms with Gasteiger partial charge < -0.3 is 9.47 Å². The fourth-order valence-corrected chi connectivity index (χ4v) is 2.25. The summed E-state index contributed by atoms with van der Waals surface area (Å²) < 4.78 is 11.6. The largest absolute Gasteiger partial charge is 0.366 e. The number of rotatable bonds is 8. The summed E-state index contributed by atoms with van der Waals surface area (Å²) in [5.41, 5.74) is 2.30. The lowest BCUT2D eigenvalue weighted by Crippen LogP contribution is -2.12. The van der Waals surface area contributed by atoms with Crippen molar-refractivity contribution >= 4 is 12.4 Å². The van der Waals surface area contributed by atoms with Crippen molar-refractivity contribution in [3.8, 4) is 11.8 Å². The molecule has 25 heavy (non-hydrogen) atoms. The topological polar surface area (TPSA) is 21.7 Å². The lowest BCUT2D eigenvalue weighted by molar-refractivity contribution is 0.0283. The zero-order valence-electron chi connectivity index (χ0n) is 14.9. The maximum atomic E-state index is 6.08. The second-order valence-electron chi connectivity index (χ2n) is 5.72. The normalized spacial score (nSPS) is 10.2. The van der Waals surface area contributed by atoms with E-state index in [2.05, 4.69) is 36.1 Å². The molecule has 0 saturated heterocycles. The number of halogens is 1. The molecule has 0 aliphatic heterocycles. The molecule has 0 fully saturated rings. The van der Waals surface area contributed by atoms with Gasteiger partial charge in [0.1, 0.15) is 12.7 Å². The fourth-order valence-electron chi connectivity index (χ4n) is 2.25. The first kappa shape index (κ1) is 21.2. The Bertz CT molecular complexity index is 596. The summed E-state index contributed by atoms with van der Waals surface area (Å²) in [6, 6.07) is 20.5. The summed E-state index contributed by atoms with van der Waals surface area (Å²) in [5.74, 6) is 6.05. The first-order valence-corrected chi connectivity index (χ1v) is 8.17. The highest BCUT2D eigenvalue weighted by Crippen LogP contribution is 2.25. The molecule has 0 aliphatic rings. The number of ether oxygens (including phenoxy) is 2. The van der Waals surface area contributed by atoms with Crippen LogP contribution in [0.3, 0.4) is 0 Å². The Morgan fingerprint density at radius 1 is 0.840 bits per heavy atom. The average Bonchev–Trinajstić information content (AvgIpc) is 2.62. The lowest BCUT2D eigenvalue weighted by atomic mass is 10.0. The van der Waals surface area contributed by atoms with Gasteiger partial charge in [-0.15, -0.1) is 12.4 Å². The summed E-state index contributed by atoms with van der Waals surface area (Å²) in [6.45, 7) is 2.26. The van der Waals surface area contributed by atoms with Crippen LogP contribution in [0.4, 0.5) is 0 Å². The van der Waals surface area contributed by atoms with Gasteiger partial charge in [0.2, 0.25) is 0 Å². The molecular formula is C21H26ClNO2. The number of hydrogen-bond donors (Lipinski definition) is 0. The lowest BCUT2D eigenvalue weighted by Gasteiger charge is -2.19. The predicted molar refractivity (Wildman–Crippen MR) is 105 cm³/mol. The molecule has 2 rings (SSSR count). The van der Waals surface area contributed by atoms with Gasteiger partial charge in [0.25, 0.3) is 0 Å². The standard InChI is InChI=1S/C21H25NO2.ClH/c1-22(2)15-9-10-16-23-17-18-24-21(19-11-5-3-6-12-19)20-13-7-4-8-14-20;/h3-8,11-14,21H,15-18H2,1-2H3;1H. The van der Waals surface area contributed by atoms with Crippen LogP contribution in [0.2, 0.25) is 0 Å². The van der Waals surface area contributed by atoms with E-state index in [0.717, 1.165) is 17.7 Å². The third-order valence-electron chi connectivity index (χ3n) is 3.41. The molecule has 2 aromatic carbocycles. The molecule has 3 nitrogen and oxygen atoms in total. The van der Waals surface area contributed by atoms with Crippen molar-refractivity contribution in [1.29, 1.82) is 0 Å². The molecule has 0 radical (unpaired) electrons.